The molecule has 0 bridgehead atoms. The van der Waals surface area contributed by atoms with Crippen LogP contribution in [-0.4, -0.2) is 31.0 Å². The lowest BCUT2D eigenvalue weighted by molar-refractivity contribution is -0.121. The van der Waals surface area contributed by atoms with Gasteiger partial charge in [-0.1, -0.05) is 57.5 Å². The SMILES string of the molecule is CC.CC.CC1(C)CCc2nc(-c3cncs3)n(CC(=O)NCc3cc4cnc(N)cc4s3)c(=O)c2N1.Clc1ccccc1. The Bertz CT molecular complexity index is 1700. The summed E-state index contributed by atoms with van der Waals surface area (Å²) >= 11 is 8.48. The van der Waals surface area contributed by atoms with Gasteiger partial charge < -0.3 is 16.4 Å². The van der Waals surface area contributed by atoms with Crippen LogP contribution in [0.3, 0.4) is 0 Å². The largest absolute Gasteiger partial charge is 0.384 e. The number of benzene rings is 1. The summed E-state index contributed by atoms with van der Waals surface area (Å²) < 4.78 is 2.45. The lowest BCUT2D eigenvalue weighted by Crippen LogP contribution is -2.42. The minimum atomic E-state index is -0.269. The fourth-order valence-electron chi connectivity index (χ4n) is 4.29. The Morgan fingerprint density at radius 3 is 2.50 bits per heavy atom. The highest BCUT2D eigenvalue weighted by Crippen LogP contribution is 2.30. The van der Waals surface area contributed by atoms with E-state index in [1.165, 1.54) is 15.9 Å². The third kappa shape index (κ3) is 9.10. The summed E-state index contributed by atoms with van der Waals surface area (Å²) in [6, 6.07) is 13.2. The summed E-state index contributed by atoms with van der Waals surface area (Å²) in [5, 5.41) is 8.01. The highest BCUT2D eigenvalue weighted by molar-refractivity contribution is 7.19. The first-order valence-corrected chi connectivity index (χ1v) is 16.7. The molecule has 0 fully saturated rings. The number of nitrogens with zero attached hydrogens (tertiary/aromatic N) is 4. The molecule has 0 spiro atoms. The molecular weight excluding hydrogens is 614 g/mol. The minimum Gasteiger partial charge on any atom is -0.384 e. The van der Waals surface area contributed by atoms with Crippen LogP contribution < -0.4 is 21.9 Å². The van der Waals surface area contributed by atoms with E-state index in [2.05, 4.69) is 34.4 Å². The number of halogens is 1. The molecule has 234 valence electrons. The number of aryl methyl sites for hydroxylation is 1. The maximum absolute atomic E-state index is 13.4. The van der Waals surface area contributed by atoms with Crippen molar-refractivity contribution in [2.24, 2.45) is 0 Å². The summed E-state index contributed by atoms with van der Waals surface area (Å²) in [5.41, 5.74) is 8.20. The van der Waals surface area contributed by atoms with Crippen molar-refractivity contribution < 1.29 is 4.79 Å². The average molecular weight is 654 g/mol. The van der Waals surface area contributed by atoms with Gasteiger partial charge in [0.05, 0.1) is 22.6 Å². The predicted octanol–water partition coefficient (Wildman–Crippen LogP) is 7.40. The van der Waals surface area contributed by atoms with Crippen molar-refractivity contribution in [1.82, 2.24) is 24.8 Å². The van der Waals surface area contributed by atoms with Gasteiger partial charge in [0, 0.05) is 37.9 Å². The van der Waals surface area contributed by atoms with E-state index in [4.69, 9.17) is 22.3 Å². The van der Waals surface area contributed by atoms with Gasteiger partial charge in [0.15, 0.2) is 5.82 Å². The highest BCUT2D eigenvalue weighted by Gasteiger charge is 2.29. The molecule has 1 aliphatic rings. The van der Waals surface area contributed by atoms with Gasteiger partial charge in [0.25, 0.3) is 5.56 Å². The van der Waals surface area contributed by atoms with Crippen LogP contribution in [0.5, 0.6) is 0 Å². The van der Waals surface area contributed by atoms with E-state index in [0.717, 1.165) is 37.0 Å². The van der Waals surface area contributed by atoms with Gasteiger partial charge in [0.2, 0.25) is 5.91 Å². The van der Waals surface area contributed by atoms with E-state index in [1.54, 1.807) is 29.2 Å². The normalized spacial score (nSPS) is 12.6. The quantitative estimate of drug-likeness (QED) is 0.180. The molecule has 4 N–H and O–H groups in total. The number of thiazole rings is 1. The Kier molecular flexibility index (Phi) is 12.9. The smallest absolute Gasteiger partial charge is 0.277 e. The lowest BCUT2D eigenvalue weighted by atomic mass is 9.92. The Morgan fingerprint density at radius 1 is 1.14 bits per heavy atom. The van der Waals surface area contributed by atoms with Crippen molar-refractivity contribution in [3.05, 3.63) is 86.3 Å². The molecule has 5 aromatic rings. The number of nitrogens with one attached hydrogen (secondary N) is 2. The minimum absolute atomic E-state index is 0.131. The molecule has 4 aromatic heterocycles. The second-order valence-electron chi connectivity index (χ2n) is 9.95. The van der Waals surface area contributed by atoms with E-state index in [9.17, 15) is 9.59 Å². The average Bonchev–Trinajstić information content (AvgIpc) is 3.70. The molecule has 0 unspecified atom stereocenters. The van der Waals surface area contributed by atoms with Gasteiger partial charge in [0.1, 0.15) is 18.1 Å². The Labute approximate surface area is 271 Å². The first kappa shape index (κ1) is 34.7. The molecule has 0 aliphatic carbocycles. The third-order valence-corrected chi connectivity index (χ3v) is 8.43. The summed E-state index contributed by atoms with van der Waals surface area (Å²) in [5.74, 6) is 0.669. The topological polar surface area (TPSA) is 128 Å². The maximum Gasteiger partial charge on any atom is 0.277 e. The number of thiophene rings is 1. The van der Waals surface area contributed by atoms with Gasteiger partial charge >= 0.3 is 0 Å². The van der Waals surface area contributed by atoms with Crippen LogP contribution in [0, 0.1) is 0 Å². The Balaban J connectivity index is 0.000000414. The number of anilines is 2. The predicted molar refractivity (Wildman–Crippen MR) is 186 cm³/mol. The van der Waals surface area contributed by atoms with Crippen LogP contribution in [0.15, 0.2) is 65.2 Å². The molecule has 1 aliphatic heterocycles. The van der Waals surface area contributed by atoms with Crippen LogP contribution in [-0.2, 0) is 24.3 Å². The number of fused-ring (bicyclic) bond motifs is 2. The molecule has 0 saturated carbocycles. The summed E-state index contributed by atoms with van der Waals surface area (Å²) in [6.07, 6.45) is 4.97. The molecule has 9 nitrogen and oxygen atoms in total. The number of carbonyl (C=O) groups excluding carboxylic acids is 1. The van der Waals surface area contributed by atoms with E-state index in [1.807, 2.05) is 70.2 Å². The molecule has 5 heterocycles. The van der Waals surface area contributed by atoms with Crippen molar-refractivity contribution in [2.45, 2.75) is 73.0 Å². The van der Waals surface area contributed by atoms with Crippen molar-refractivity contribution in [2.75, 3.05) is 11.1 Å². The van der Waals surface area contributed by atoms with Crippen molar-refractivity contribution in [3.63, 3.8) is 0 Å². The van der Waals surface area contributed by atoms with Gasteiger partial charge in [-0.15, -0.1) is 22.7 Å². The zero-order valence-corrected chi connectivity index (χ0v) is 28.4. The first-order valence-electron chi connectivity index (χ1n) is 14.6. The Morgan fingerprint density at radius 2 is 1.86 bits per heavy atom. The summed E-state index contributed by atoms with van der Waals surface area (Å²) in [7, 11) is 0. The number of nitrogen functional groups attached to an aromatic ring is 1. The van der Waals surface area contributed by atoms with E-state index < -0.39 is 0 Å². The van der Waals surface area contributed by atoms with Crippen LogP contribution >= 0.6 is 34.3 Å². The molecule has 0 radical (unpaired) electrons. The molecule has 0 saturated heterocycles. The van der Waals surface area contributed by atoms with Crippen LogP contribution in [0.2, 0.25) is 5.02 Å². The van der Waals surface area contributed by atoms with Gasteiger partial charge in [-0.25, -0.2) is 9.97 Å². The Hall–Kier alpha value is -3.80. The first-order chi connectivity index (χ1) is 21.2. The third-order valence-electron chi connectivity index (χ3n) is 6.32. The second kappa shape index (κ2) is 16.3. The number of rotatable bonds is 5. The number of amides is 1. The van der Waals surface area contributed by atoms with Gasteiger partial charge in [-0.2, -0.15) is 0 Å². The molecule has 44 heavy (non-hydrogen) atoms. The zero-order chi connectivity index (χ0) is 32.3. The van der Waals surface area contributed by atoms with Crippen molar-refractivity contribution >= 4 is 61.8 Å². The number of nitrogens with two attached hydrogens (primary N) is 1. The summed E-state index contributed by atoms with van der Waals surface area (Å²) in [4.78, 5) is 41.0. The molecule has 6 rings (SSSR count). The van der Waals surface area contributed by atoms with Crippen LogP contribution in [0.4, 0.5) is 11.5 Å². The van der Waals surface area contributed by atoms with E-state index >= 15 is 0 Å². The lowest BCUT2D eigenvalue weighted by Gasteiger charge is -2.33. The number of pyridine rings is 1. The highest BCUT2D eigenvalue weighted by atomic mass is 35.5. The number of aromatic nitrogens is 4. The number of hydrogen-bond acceptors (Lipinski definition) is 9. The van der Waals surface area contributed by atoms with Crippen molar-refractivity contribution in [1.29, 1.82) is 0 Å². The molecule has 1 aromatic carbocycles. The molecule has 0 atom stereocenters. The number of hydrogen-bond donors (Lipinski definition) is 3. The van der Waals surface area contributed by atoms with Gasteiger partial charge in [-0.05, 0) is 51.0 Å². The standard InChI is InChI=1S/C22H23N7O2S2.C6H5Cl.2C2H6/c1-22(2)4-3-14-19(28-22)21(31)29(20(27-14)16-9-24-11-32-16)10-18(30)26-8-13-5-12-7-25-17(23)6-15(12)33-13;7-6-4-2-1-3-5-6;2*1-2/h5-7,9,11,28H,3-4,8,10H2,1-2H3,(H2,23,25)(H,26,30);1-5H;2*1-2H3. The fraction of sp³-hybridized carbons (Fsp3) is 0.344. The van der Waals surface area contributed by atoms with E-state index in [0.29, 0.717) is 30.3 Å². The monoisotopic (exact) mass is 653 g/mol. The van der Waals surface area contributed by atoms with E-state index in [-0.39, 0.29) is 23.6 Å². The fourth-order valence-corrected chi connectivity index (χ4v) is 6.07. The zero-order valence-electron chi connectivity index (χ0n) is 26.0. The maximum atomic E-state index is 13.4. The van der Waals surface area contributed by atoms with Crippen LogP contribution in [0.1, 0.15) is 58.5 Å². The number of carbonyl (C=O) groups is 1. The van der Waals surface area contributed by atoms with Gasteiger partial charge in [-0.3, -0.25) is 19.1 Å². The molecule has 1 amide bonds. The summed E-state index contributed by atoms with van der Waals surface area (Å²) in [6.45, 7) is 12.3. The van der Waals surface area contributed by atoms with Crippen LogP contribution in [0.25, 0.3) is 20.8 Å². The molecule has 12 heteroatoms. The molecular formula is C32H40ClN7O2S2. The van der Waals surface area contributed by atoms with Crippen molar-refractivity contribution in [3.8, 4) is 10.7 Å². The second-order valence-corrected chi connectivity index (χ2v) is 12.4.